The molecule has 0 aliphatic carbocycles. The number of benzene rings is 1. The van der Waals surface area contributed by atoms with Crippen molar-refractivity contribution in [3.63, 3.8) is 0 Å². The van der Waals surface area contributed by atoms with Crippen LogP contribution in [-0.2, 0) is 30.0 Å². The van der Waals surface area contributed by atoms with Gasteiger partial charge in [-0.3, -0.25) is 0 Å². The summed E-state index contributed by atoms with van der Waals surface area (Å²) in [5.74, 6) is -4.34. The average molecular weight is 494 g/mol. The number of rotatable bonds is 6. The van der Waals surface area contributed by atoms with Gasteiger partial charge in [0.15, 0.2) is 5.57 Å². The molecule has 0 unspecified atom stereocenters. The zero-order valence-corrected chi connectivity index (χ0v) is 18.5. The van der Waals surface area contributed by atoms with Crippen molar-refractivity contribution in [2.45, 2.75) is 35.7 Å². The molecule has 0 atom stereocenters. The first-order valence-electron chi connectivity index (χ1n) is 9.53. The molecule has 12 heteroatoms. The molecule has 3 rings (SSSR count). The topological polar surface area (TPSA) is 115 Å². The van der Waals surface area contributed by atoms with Crippen molar-refractivity contribution < 1.29 is 42.1 Å². The van der Waals surface area contributed by atoms with Gasteiger partial charge in [0.1, 0.15) is 5.03 Å². The molecule has 1 aliphatic heterocycles. The van der Waals surface area contributed by atoms with E-state index in [-0.39, 0.29) is 10.6 Å². The molecule has 8 nitrogen and oxygen atoms in total. The monoisotopic (exact) mass is 494 g/mol. The van der Waals surface area contributed by atoms with E-state index < -0.39 is 35.4 Å². The van der Waals surface area contributed by atoms with Crippen molar-refractivity contribution in [2.24, 2.45) is 0 Å². The number of aliphatic carboxylic acids is 1. The molecule has 1 fully saturated rings. The summed E-state index contributed by atoms with van der Waals surface area (Å²) in [6.07, 6.45) is -0.524. The Balaban J connectivity index is 1.85. The number of ether oxygens (including phenoxy) is 2. The Morgan fingerprint density at radius 2 is 1.82 bits per heavy atom. The number of hydrogen-bond donors (Lipinski definition) is 2. The van der Waals surface area contributed by atoms with E-state index in [0.29, 0.717) is 22.3 Å². The fourth-order valence-corrected chi connectivity index (χ4v) is 3.53. The number of carbonyl (C=O) groups excluding carboxylic acids is 2. The van der Waals surface area contributed by atoms with E-state index in [1.807, 2.05) is 0 Å². The molecule has 2 N–H and O–H groups in total. The van der Waals surface area contributed by atoms with Gasteiger partial charge in [-0.25, -0.2) is 19.4 Å². The minimum absolute atomic E-state index is 0.260. The second kappa shape index (κ2) is 9.59. The van der Waals surface area contributed by atoms with Crippen molar-refractivity contribution in [1.82, 2.24) is 4.98 Å². The number of alkyl halides is 3. The lowest BCUT2D eigenvalue weighted by atomic mass is 10.1. The maximum Gasteiger partial charge on any atom is 0.417 e. The summed E-state index contributed by atoms with van der Waals surface area (Å²) in [5.41, 5.74) is -0.479. The number of carbonyl (C=O) groups is 3. The summed E-state index contributed by atoms with van der Waals surface area (Å²) in [6, 6.07) is 6.76. The molecule has 0 saturated carbocycles. The first kappa shape index (κ1) is 24.8. The Morgan fingerprint density at radius 3 is 2.38 bits per heavy atom. The maximum absolute atomic E-state index is 12.7. The van der Waals surface area contributed by atoms with E-state index >= 15 is 0 Å². The minimum atomic E-state index is -4.51. The van der Waals surface area contributed by atoms with Crippen LogP contribution in [0.5, 0.6) is 0 Å². The smallest absolute Gasteiger partial charge is 0.417 e. The van der Waals surface area contributed by atoms with Crippen LogP contribution in [0.4, 0.5) is 18.9 Å². The lowest BCUT2D eigenvalue weighted by Gasteiger charge is -2.29. The number of nitrogens with zero attached hydrogens (tertiary/aromatic N) is 1. The normalized spacial score (nSPS) is 15.6. The molecular formula is C22H17F3N2O6S. The van der Waals surface area contributed by atoms with Crippen LogP contribution in [0.25, 0.3) is 6.08 Å². The third-order valence-electron chi connectivity index (χ3n) is 4.19. The van der Waals surface area contributed by atoms with Crippen LogP contribution in [0.1, 0.15) is 25.0 Å². The standard InChI is InChI=1S/C22H17F3N2O6S/c1-21(2)32-19(30)15(20(31)33-21)11-26-14-5-6-16(12(9-14)3-8-18(28)29)34-17-7-4-13(10-27-17)22(23,24)25/h3-11,26H,1-2H3,(H,28,29). The molecule has 1 aromatic heterocycles. The molecule has 2 heterocycles. The third kappa shape index (κ3) is 6.38. The highest BCUT2D eigenvalue weighted by atomic mass is 32.2. The predicted octanol–water partition coefficient (Wildman–Crippen LogP) is 4.48. The van der Waals surface area contributed by atoms with E-state index in [1.165, 1.54) is 32.1 Å². The molecule has 0 radical (unpaired) electrons. The first-order chi connectivity index (χ1) is 15.8. The van der Waals surface area contributed by atoms with Crippen LogP contribution in [0, 0.1) is 0 Å². The Hall–Kier alpha value is -3.80. The molecule has 178 valence electrons. The largest absolute Gasteiger partial charge is 0.478 e. The Morgan fingerprint density at radius 1 is 1.15 bits per heavy atom. The summed E-state index contributed by atoms with van der Waals surface area (Å²) in [5, 5.41) is 12.0. The molecular weight excluding hydrogens is 477 g/mol. The Labute approximate surface area is 195 Å². The number of halogens is 3. The average Bonchev–Trinajstić information content (AvgIpc) is 2.71. The highest BCUT2D eigenvalue weighted by Crippen LogP contribution is 2.34. The summed E-state index contributed by atoms with van der Waals surface area (Å²) in [6.45, 7) is 2.83. The summed E-state index contributed by atoms with van der Waals surface area (Å²) in [7, 11) is 0. The lowest BCUT2D eigenvalue weighted by molar-refractivity contribution is -0.222. The summed E-state index contributed by atoms with van der Waals surface area (Å²) >= 11 is 1.03. The fraction of sp³-hybridized carbons (Fsp3) is 0.182. The number of esters is 2. The van der Waals surface area contributed by atoms with Gasteiger partial charge in [-0.15, -0.1) is 0 Å². The molecule has 0 spiro atoms. The van der Waals surface area contributed by atoms with E-state index in [9.17, 15) is 27.6 Å². The quantitative estimate of drug-likeness (QED) is 0.341. The fourth-order valence-electron chi connectivity index (χ4n) is 2.68. The molecule has 2 aromatic rings. The van der Waals surface area contributed by atoms with Gasteiger partial charge in [0.05, 0.1) is 5.56 Å². The second-order valence-corrected chi connectivity index (χ2v) is 8.35. The van der Waals surface area contributed by atoms with Gasteiger partial charge in [0.2, 0.25) is 0 Å². The Bertz CT molecular complexity index is 1170. The van der Waals surface area contributed by atoms with E-state index in [4.69, 9.17) is 14.6 Å². The van der Waals surface area contributed by atoms with Crippen molar-refractivity contribution in [1.29, 1.82) is 0 Å². The van der Waals surface area contributed by atoms with Crippen LogP contribution < -0.4 is 5.32 Å². The number of carboxylic acid groups (broad SMARTS) is 1. The highest BCUT2D eigenvalue weighted by molar-refractivity contribution is 7.99. The predicted molar refractivity (Wildman–Crippen MR) is 114 cm³/mol. The van der Waals surface area contributed by atoms with Crippen molar-refractivity contribution in [3.05, 3.63) is 65.5 Å². The third-order valence-corrected chi connectivity index (χ3v) is 5.24. The molecule has 0 bridgehead atoms. The molecule has 34 heavy (non-hydrogen) atoms. The van der Waals surface area contributed by atoms with Crippen LogP contribution in [-0.4, -0.2) is 33.8 Å². The lowest BCUT2D eigenvalue weighted by Crippen LogP contribution is -2.42. The minimum Gasteiger partial charge on any atom is -0.478 e. The highest BCUT2D eigenvalue weighted by Gasteiger charge is 2.39. The van der Waals surface area contributed by atoms with Crippen LogP contribution in [0.3, 0.4) is 0 Å². The number of aromatic nitrogens is 1. The molecule has 1 saturated heterocycles. The van der Waals surface area contributed by atoms with Gasteiger partial charge >= 0.3 is 24.1 Å². The summed E-state index contributed by atoms with van der Waals surface area (Å²) < 4.78 is 48.2. The number of anilines is 1. The zero-order valence-electron chi connectivity index (χ0n) is 17.7. The SMILES string of the molecule is CC1(C)OC(=O)C(=CNc2ccc(Sc3ccc(C(F)(F)F)cn3)c(C=CC(=O)O)c2)C(=O)O1. The number of carboxylic acids is 1. The van der Waals surface area contributed by atoms with Gasteiger partial charge in [-0.05, 0) is 42.0 Å². The van der Waals surface area contributed by atoms with Gasteiger partial charge in [-0.2, -0.15) is 13.2 Å². The van der Waals surface area contributed by atoms with Crippen LogP contribution >= 0.6 is 11.8 Å². The van der Waals surface area contributed by atoms with Gasteiger partial charge in [0.25, 0.3) is 5.79 Å². The van der Waals surface area contributed by atoms with Gasteiger partial charge < -0.3 is 19.9 Å². The molecule has 1 aromatic carbocycles. The Kier molecular flexibility index (Phi) is 7.01. The van der Waals surface area contributed by atoms with Gasteiger partial charge in [0, 0.05) is 42.9 Å². The zero-order chi connectivity index (χ0) is 25.1. The maximum atomic E-state index is 12.7. The second-order valence-electron chi connectivity index (χ2n) is 7.29. The van der Waals surface area contributed by atoms with Crippen LogP contribution in [0.15, 0.2) is 64.3 Å². The van der Waals surface area contributed by atoms with Crippen molar-refractivity contribution in [2.75, 3.05) is 5.32 Å². The number of pyridine rings is 1. The van der Waals surface area contributed by atoms with Crippen LogP contribution in [0.2, 0.25) is 0 Å². The molecule has 1 aliphatic rings. The van der Waals surface area contributed by atoms with Gasteiger partial charge in [-0.1, -0.05) is 11.8 Å². The number of hydrogen-bond acceptors (Lipinski definition) is 8. The number of cyclic esters (lactones) is 2. The first-order valence-corrected chi connectivity index (χ1v) is 10.4. The van der Waals surface area contributed by atoms with Crippen molar-refractivity contribution >= 4 is 41.4 Å². The molecule has 0 amide bonds. The number of nitrogens with one attached hydrogen (secondary N) is 1. The van der Waals surface area contributed by atoms with Crippen molar-refractivity contribution in [3.8, 4) is 0 Å². The summed E-state index contributed by atoms with van der Waals surface area (Å²) in [4.78, 5) is 39.4. The van der Waals surface area contributed by atoms with E-state index in [1.54, 1.807) is 12.1 Å². The van der Waals surface area contributed by atoms with E-state index in [0.717, 1.165) is 30.1 Å². The van der Waals surface area contributed by atoms with E-state index in [2.05, 4.69) is 10.3 Å².